The molecule has 1 N–H and O–H groups in total. The molecule has 0 bridgehead atoms. The van der Waals surface area contributed by atoms with E-state index in [9.17, 15) is 18.3 Å². The topological polar surface area (TPSA) is 29.5 Å². The number of benzene rings is 2. The molecule has 0 amide bonds. The molecule has 0 aliphatic rings. The molecule has 1 atom stereocenters. The minimum Gasteiger partial charge on any atom is -0.489 e. The van der Waals surface area contributed by atoms with Crippen LogP contribution in [-0.2, 0) is 12.8 Å². The molecule has 0 aliphatic heterocycles. The van der Waals surface area contributed by atoms with E-state index in [1.54, 1.807) is 31.2 Å². The van der Waals surface area contributed by atoms with Crippen molar-refractivity contribution in [1.29, 1.82) is 0 Å². The molecule has 2 aromatic rings. The minimum atomic E-state index is -4.32. The molecule has 2 nitrogen and oxygen atoms in total. The van der Waals surface area contributed by atoms with Gasteiger partial charge < -0.3 is 9.84 Å². The number of rotatable bonds is 4. The fourth-order valence-electron chi connectivity index (χ4n) is 1.80. The van der Waals surface area contributed by atoms with E-state index in [2.05, 4.69) is 0 Å². The van der Waals surface area contributed by atoms with Crippen LogP contribution in [0.1, 0.15) is 29.7 Å². The monoisotopic (exact) mass is 296 g/mol. The van der Waals surface area contributed by atoms with Gasteiger partial charge in [-0.2, -0.15) is 13.2 Å². The minimum absolute atomic E-state index is 0.187. The van der Waals surface area contributed by atoms with E-state index in [0.29, 0.717) is 11.3 Å². The van der Waals surface area contributed by atoms with Crippen LogP contribution in [0.5, 0.6) is 5.75 Å². The number of ether oxygens (including phenoxy) is 1. The van der Waals surface area contributed by atoms with Crippen molar-refractivity contribution in [2.45, 2.75) is 25.8 Å². The summed E-state index contributed by atoms with van der Waals surface area (Å²) in [7, 11) is 0. The molecular formula is C16H15F3O2. The van der Waals surface area contributed by atoms with E-state index in [4.69, 9.17) is 4.74 Å². The van der Waals surface area contributed by atoms with Gasteiger partial charge in [0.1, 0.15) is 12.4 Å². The largest absolute Gasteiger partial charge is 0.489 e. The summed E-state index contributed by atoms with van der Waals surface area (Å²) in [6.07, 6.45) is -4.87. The highest BCUT2D eigenvalue weighted by molar-refractivity contribution is 5.29. The van der Waals surface area contributed by atoms with E-state index in [1.807, 2.05) is 0 Å². The van der Waals surface area contributed by atoms with Gasteiger partial charge in [0.15, 0.2) is 0 Å². The molecule has 21 heavy (non-hydrogen) atoms. The number of hydrogen-bond donors (Lipinski definition) is 1. The molecule has 0 heterocycles. The SMILES string of the molecule is CC(O)c1ccc(OCc2ccc(C(F)(F)F)cc2)cc1. The van der Waals surface area contributed by atoms with Crippen LogP contribution in [0.3, 0.4) is 0 Å². The Bertz CT molecular complexity index is 572. The van der Waals surface area contributed by atoms with Crippen molar-refractivity contribution in [3.8, 4) is 5.75 Å². The number of alkyl halides is 3. The average molecular weight is 296 g/mol. The van der Waals surface area contributed by atoms with Crippen LogP contribution in [-0.4, -0.2) is 5.11 Å². The first-order valence-electron chi connectivity index (χ1n) is 6.43. The van der Waals surface area contributed by atoms with Gasteiger partial charge in [-0.1, -0.05) is 24.3 Å². The summed E-state index contributed by atoms with van der Waals surface area (Å²) in [5.41, 5.74) is 0.756. The molecular weight excluding hydrogens is 281 g/mol. The highest BCUT2D eigenvalue weighted by Gasteiger charge is 2.29. The highest BCUT2D eigenvalue weighted by Crippen LogP contribution is 2.29. The number of hydrogen-bond acceptors (Lipinski definition) is 2. The molecule has 112 valence electrons. The van der Waals surface area contributed by atoms with Gasteiger partial charge in [0.05, 0.1) is 11.7 Å². The summed E-state index contributed by atoms with van der Waals surface area (Å²) in [5.74, 6) is 0.597. The molecule has 2 aromatic carbocycles. The molecule has 0 spiro atoms. The standard InChI is InChI=1S/C16H15F3O2/c1-11(20)13-4-8-15(9-5-13)21-10-12-2-6-14(7-3-12)16(17,18)19/h2-9,11,20H,10H2,1H3. The predicted octanol–water partition coefficient (Wildman–Crippen LogP) is 4.34. The summed E-state index contributed by atoms with van der Waals surface area (Å²) in [4.78, 5) is 0. The zero-order chi connectivity index (χ0) is 15.5. The lowest BCUT2D eigenvalue weighted by atomic mass is 10.1. The Hall–Kier alpha value is -2.01. The average Bonchev–Trinajstić information content (AvgIpc) is 2.45. The van der Waals surface area contributed by atoms with Crippen molar-refractivity contribution in [2.24, 2.45) is 0 Å². The van der Waals surface area contributed by atoms with Crippen molar-refractivity contribution < 1.29 is 23.0 Å². The first kappa shape index (κ1) is 15.4. The second-order valence-corrected chi connectivity index (χ2v) is 4.73. The van der Waals surface area contributed by atoms with E-state index in [0.717, 1.165) is 17.7 Å². The Kier molecular flexibility index (Phi) is 4.53. The molecule has 2 rings (SSSR count). The lowest BCUT2D eigenvalue weighted by molar-refractivity contribution is -0.137. The summed E-state index contributed by atoms with van der Waals surface area (Å²) in [5, 5.41) is 9.38. The van der Waals surface area contributed by atoms with E-state index >= 15 is 0 Å². The second-order valence-electron chi connectivity index (χ2n) is 4.73. The molecule has 1 unspecified atom stereocenters. The fraction of sp³-hybridized carbons (Fsp3) is 0.250. The summed E-state index contributed by atoms with van der Waals surface area (Å²) >= 11 is 0. The summed E-state index contributed by atoms with van der Waals surface area (Å²) < 4.78 is 42.8. The van der Waals surface area contributed by atoms with Gasteiger partial charge >= 0.3 is 6.18 Å². The van der Waals surface area contributed by atoms with E-state index in [1.165, 1.54) is 12.1 Å². The van der Waals surface area contributed by atoms with Crippen molar-refractivity contribution in [1.82, 2.24) is 0 Å². The normalized spacial score (nSPS) is 13.0. The van der Waals surface area contributed by atoms with Crippen LogP contribution in [0, 0.1) is 0 Å². The Morgan fingerprint density at radius 1 is 1.00 bits per heavy atom. The highest BCUT2D eigenvalue weighted by atomic mass is 19.4. The third-order valence-corrected chi connectivity index (χ3v) is 3.05. The molecule has 0 radical (unpaired) electrons. The zero-order valence-electron chi connectivity index (χ0n) is 11.4. The summed E-state index contributed by atoms with van der Waals surface area (Å²) in [6, 6.07) is 11.8. The second kappa shape index (κ2) is 6.18. The molecule has 0 aromatic heterocycles. The molecule has 0 saturated carbocycles. The Labute approximate surface area is 120 Å². The van der Waals surface area contributed by atoms with Crippen LogP contribution in [0.2, 0.25) is 0 Å². The first-order chi connectivity index (χ1) is 9.86. The van der Waals surface area contributed by atoms with Crippen molar-refractivity contribution in [3.63, 3.8) is 0 Å². The smallest absolute Gasteiger partial charge is 0.416 e. The molecule has 0 saturated heterocycles. The zero-order valence-corrected chi connectivity index (χ0v) is 11.4. The van der Waals surface area contributed by atoms with Gasteiger partial charge in [0, 0.05) is 0 Å². The van der Waals surface area contributed by atoms with Gasteiger partial charge in [-0.25, -0.2) is 0 Å². The molecule has 5 heteroatoms. The van der Waals surface area contributed by atoms with Crippen LogP contribution in [0.4, 0.5) is 13.2 Å². The lowest BCUT2D eigenvalue weighted by Gasteiger charge is -2.10. The van der Waals surface area contributed by atoms with Crippen molar-refractivity contribution >= 4 is 0 Å². The Morgan fingerprint density at radius 3 is 2.05 bits per heavy atom. The van der Waals surface area contributed by atoms with Gasteiger partial charge in [-0.3, -0.25) is 0 Å². The Balaban J connectivity index is 1.96. The number of aliphatic hydroxyl groups is 1. The van der Waals surface area contributed by atoms with Crippen LogP contribution >= 0.6 is 0 Å². The predicted molar refractivity (Wildman–Crippen MR) is 72.9 cm³/mol. The molecule has 0 fully saturated rings. The van der Waals surface area contributed by atoms with E-state index in [-0.39, 0.29) is 6.61 Å². The number of aliphatic hydroxyl groups excluding tert-OH is 1. The third-order valence-electron chi connectivity index (χ3n) is 3.05. The maximum absolute atomic E-state index is 12.4. The maximum atomic E-state index is 12.4. The van der Waals surface area contributed by atoms with Gasteiger partial charge in [-0.15, -0.1) is 0 Å². The maximum Gasteiger partial charge on any atom is 0.416 e. The van der Waals surface area contributed by atoms with Gasteiger partial charge in [0.2, 0.25) is 0 Å². The molecule has 0 aliphatic carbocycles. The number of halogens is 3. The van der Waals surface area contributed by atoms with E-state index < -0.39 is 17.8 Å². The van der Waals surface area contributed by atoms with Crippen LogP contribution in [0.25, 0.3) is 0 Å². The fourth-order valence-corrected chi connectivity index (χ4v) is 1.80. The third kappa shape index (κ3) is 4.23. The van der Waals surface area contributed by atoms with Gasteiger partial charge in [0.25, 0.3) is 0 Å². The van der Waals surface area contributed by atoms with Crippen molar-refractivity contribution in [3.05, 3.63) is 65.2 Å². The first-order valence-corrected chi connectivity index (χ1v) is 6.43. The Morgan fingerprint density at radius 2 is 1.57 bits per heavy atom. The van der Waals surface area contributed by atoms with Gasteiger partial charge in [-0.05, 0) is 42.3 Å². The van der Waals surface area contributed by atoms with Crippen LogP contribution in [0.15, 0.2) is 48.5 Å². The van der Waals surface area contributed by atoms with Crippen molar-refractivity contribution in [2.75, 3.05) is 0 Å². The quantitative estimate of drug-likeness (QED) is 0.909. The lowest BCUT2D eigenvalue weighted by Crippen LogP contribution is -2.05. The van der Waals surface area contributed by atoms with Crippen LogP contribution < -0.4 is 4.74 Å². The summed E-state index contributed by atoms with van der Waals surface area (Å²) in [6.45, 7) is 1.85.